The van der Waals surface area contributed by atoms with Crippen LogP contribution in [0.2, 0.25) is 0 Å². The van der Waals surface area contributed by atoms with Gasteiger partial charge in [-0.15, -0.1) is 0 Å². The van der Waals surface area contributed by atoms with E-state index in [9.17, 15) is 9.90 Å². The topological polar surface area (TPSA) is 93.2 Å². The third-order valence-electron chi connectivity index (χ3n) is 4.71. The lowest BCUT2D eigenvalue weighted by Crippen LogP contribution is -2.27. The zero-order chi connectivity index (χ0) is 19.6. The van der Waals surface area contributed by atoms with Gasteiger partial charge in [0.1, 0.15) is 23.2 Å². The summed E-state index contributed by atoms with van der Waals surface area (Å²) in [5, 5.41) is 16.6. The van der Waals surface area contributed by atoms with E-state index in [1.807, 2.05) is 34.9 Å². The molecule has 4 rings (SSSR count). The van der Waals surface area contributed by atoms with E-state index in [1.165, 1.54) is 0 Å². The first-order chi connectivity index (χ1) is 13.6. The SMILES string of the molecule is CC(O)c1nccn1Cc1cc(-c2ccc(C#CC3(NC=O)CC3)cc2)on1. The molecule has 2 aromatic heterocycles. The molecule has 2 N–H and O–H groups in total. The Bertz CT molecular complexity index is 1030. The standard InChI is InChI=1S/C21H20N4O3/c1-15(27)20-22-10-11-25(20)13-18-12-19(28-24-18)17-4-2-16(3-5-17)6-7-21(8-9-21)23-14-26/h2-5,10-12,14-15,27H,8-9,13H2,1H3,(H,23,26). The van der Waals surface area contributed by atoms with Crippen LogP contribution in [0, 0.1) is 11.8 Å². The van der Waals surface area contributed by atoms with Crippen molar-refractivity contribution in [1.82, 2.24) is 20.0 Å². The average molecular weight is 376 g/mol. The minimum absolute atomic E-state index is 0.335. The van der Waals surface area contributed by atoms with E-state index in [4.69, 9.17) is 4.52 Å². The fourth-order valence-corrected chi connectivity index (χ4v) is 2.97. The normalized spacial score (nSPS) is 15.4. The second-order valence-corrected chi connectivity index (χ2v) is 6.94. The van der Waals surface area contributed by atoms with Crippen LogP contribution in [0.3, 0.4) is 0 Å². The number of imidazole rings is 1. The molecule has 7 heteroatoms. The van der Waals surface area contributed by atoms with Crippen molar-refractivity contribution >= 4 is 6.41 Å². The number of hydrogen-bond donors (Lipinski definition) is 2. The van der Waals surface area contributed by atoms with Gasteiger partial charge in [0.2, 0.25) is 6.41 Å². The first-order valence-electron chi connectivity index (χ1n) is 9.08. The van der Waals surface area contributed by atoms with Gasteiger partial charge in [-0.1, -0.05) is 17.0 Å². The summed E-state index contributed by atoms with van der Waals surface area (Å²) in [6, 6.07) is 9.57. The van der Waals surface area contributed by atoms with Crippen molar-refractivity contribution in [3.63, 3.8) is 0 Å². The molecule has 1 atom stereocenters. The summed E-state index contributed by atoms with van der Waals surface area (Å²) in [6.45, 7) is 2.15. The maximum atomic E-state index is 10.6. The number of amides is 1. The number of hydrogen-bond acceptors (Lipinski definition) is 5. The molecule has 1 unspecified atom stereocenters. The molecule has 1 aromatic carbocycles. The molecule has 2 heterocycles. The highest BCUT2D eigenvalue weighted by Crippen LogP contribution is 2.34. The summed E-state index contributed by atoms with van der Waals surface area (Å²) in [6.07, 6.45) is 5.30. The van der Waals surface area contributed by atoms with Crippen LogP contribution >= 0.6 is 0 Å². The molecule has 0 saturated heterocycles. The van der Waals surface area contributed by atoms with E-state index in [-0.39, 0.29) is 5.54 Å². The lowest BCUT2D eigenvalue weighted by Gasteiger charge is -2.07. The van der Waals surface area contributed by atoms with Gasteiger partial charge in [-0.2, -0.15) is 0 Å². The Morgan fingerprint density at radius 1 is 1.39 bits per heavy atom. The van der Waals surface area contributed by atoms with Gasteiger partial charge in [0, 0.05) is 29.6 Å². The van der Waals surface area contributed by atoms with Gasteiger partial charge in [-0.3, -0.25) is 4.79 Å². The van der Waals surface area contributed by atoms with Gasteiger partial charge in [0.25, 0.3) is 0 Å². The Hall–Kier alpha value is -3.37. The van der Waals surface area contributed by atoms with Crippen molar-refractivity contribution in [2.24, 2.45) is 0 Å². The molecule has 142 valence electrons. The highest BCUT2D eigenvalue weighted by atomic mass is 16.5. The Balaban J connectivity index is 1.46. The quantitative estimate of drug-likeness (QED) is 0.508. The predicted molar refractivity (Wildman–Crippen MR) is 102 cm³/mol. The third kappa shape index (κ3) is 3.82. The third-order valence-corrected chi connectivity index (χ3v) is 4.71. The van der Waals surface area contributed by atoms with Crippen LogP contribution in [-0.4, -0.2) is 31.8 Å². The van der Waals surface area contributed by atoms with Crippen molar-refractivity contribution in [3.8, 4) is 23.2 Å². The number of aromatic nitrogens is 3. The molecule has 1 saturated carbocycles. The van der Waals surface area contributed by atoms with E-state index in [1.54, 1.807) is 19.3 Å². The molecule has 0 bridgehead atoms. The summed E-state index contributed by atoms with van der Waals surface area (Å²) >= 11 is 0. The van der Waals surface area contributed by atoms with E-state index in [0.717, 1.165) is 29.7 Å². The minimum atomic E-state index is -0.647. The van der Waals surface area contributed by atoms with Crippen LogP contribution < -0.4 is 5.32 Å². The Morgan fingerprint density at radius 3 is 2.86 bits per heavy atom. The highest BCUT2D eigenvalue weighted by molar-refractivity contribution is 5.59. The van der Waals surface area contributed by atoms with Gasteiger partial charge in [-0.05, 0) is 44.0 Å². The van der Waals surface area contributed by atoms with Gasteiger partial charge in [0.15, 0.2) is 5.76 Å². The summed E-state index contributed by atoms with van der Waals surface area (Å²) in [7, 11) is 0. The van der Waals surface area contributed by atoms with Crippen LogP contribution in [0.1, 0.15) is 43.0 Å². The molecule has 28 heavy (non-hydrogen) atoms. The number of benzene rings is 1. The van der Waals surface area contributed by atoms with E-state index < -0.39 is 6.10 Å². The highest BCUT2D eigenvalue weighted by Gasteiger charge is 2.40. The molecule has 1 aliphatic rings. The summed E-state index contributed by atoms with van der Waals surface area (Å²) in [5.74, 6) is 7.49. The molecular formula is C21H20N4O3. The van der Waals surface area contributed by atoms with Crippen LogP contribution in [-0.2, 0) is 11.3 Å². The van der Waals surface area contributed by atoms with Crippen molar-refractivity contribution in [3.05, 3.63) is 59.8 Å². The van der Waals surface area contributed by atoms with Crippen LogP contribution in [0.4, 0.5) is 0 Å². The zero-order valence-electron chi connectivity index (χ0n) is 15.4. The second-order valence-electron chi connectivity index (χ2n) is 6.94. The Kier molecular flexibility index (Phi) is 4.72. The molecule has 1 fully saturated rings. The molecule has 0 aliphatic heterocycles. The largest absolute Gasteiger partial charge is 0.385 e. The number of carbonyl (C=O) groups is 1. The second kappa shape index (κ2) is 7.33. The molecular weight excluding hydrogens is 356 g/mol. The number of aliphatic hydroxyl groups excluding tert-OH is 1. The smallest absolute Gasteiger partial charge is 0.208 e. The lowest BCUT2D eigenvalue weighted by molar-refractivity contribution is -0.110. The van der Waals surface area contributed by atoms with Crippen molar-refractivity contribution < 1.29 is 14.4 Å². The molecule has 0 spiro atoms. The fourth-order valence-electron chi connectivity index (χ4n) is 2.97. The predicted octanol–water partition coefficient (Wildman–Crippen LogP) is 2.27. The van der Waals surface area contributed by atoms with Crippen molar-refractivity contribution in [2.45, 2.75) is 38.0 Å². The first-order valence-corrected chi connectivity index (χ1v) is 9.08. The number of nitrogens with one attached hydrogen (secondary N) is 1. The van der Waals surface area contributed by atoms with Gasteiger partial charge >= 0.3 is 0 Å². The van der Waals surface area contributed by atoms with Crippen LogP contribution in [0.15, 0.2) is 47.2 Å². The number of rotatable bonds is 6. The van der Waals surface area contributed by atoms with Gasteiger partial charge < -0.3 is 19.5 Å². The number of carbonyl (C=O) groups excluding carboxylic acids is 1. The minimum Gasteiger partial charge on any atom is -0.385 e. The molecule has 3 aromatic rings. The molecule has 1 amide bonds. The van der Waals surface area contributed by atoms with E-state index in [0.29, 0.717) is 24.5 Å². The average Bonchev–Trinajstić information content (AvgIpc) is 3.08. The zero-order valence-corrected chi connectivity index (χ0v) is 15.4. The summed E-state index contributed by atoms with van der Waals surface area (Å²) in [5.41, 5.74) is 2.19. The van der Waals surface area contributed by atoms with E-state index >= 15 is 0 Å². The first kappa shape index (κ1) is 18.0. The van der Waals surface area contributed by atoms with Crippen molar-refractivity contribution in [1.29, 1.82) is 0 Å². The summed E-state index contributed by atoms with van der Waals surface area (Å²) in [4.78, 5) is 14.8. The Labute approximate surface area is 162 Å². The lowest BCUT2D eigenvalue weighted by atomic mass is 10.1. The van der Waals surface area contributed by atoms with Crippen LogP contribution in [0.25, 0.3) is 11.3 Å². The molecule has 7 nitrogen and oxygen atoms in total. The maximum absolute atomic E-state index is 10.6. The molecule has 0 radical (unpaired) electrons. The number of nitrogens with zero attached hydrogens (tertiary/aromatic N) is 3. The monoisotopic (exact) mass is 376 g/mol. The summed E-state index contributed by atoms with van der Waals surface area (Å²) < 4.78 is 7.30. The number of aliphatic hydroxyl groups is 1. The van der Waals surface area contributed by atoms with Gasteiger partial charge in [-0.25, -0.2) is 4.98 Å². The van der Waals surface area contributed by atoms with Crippen molar-refractivity contribution in [2.75, 3.05) is 0 Å². The maximum Gasteiger partial charge on any atom is 0.208 e. The van der Waals surface area contributed by atoms with Gasteiger partial charge in [0.05, 0.1) is 6.54 Å². The molecule has 1 aliphatic carbocycles. The van der Waals surface area contributed by atoms with Crippen LogP contribution in [0.5, 0.6) is 0 Å². The fraction of sp³-hybridized carbons (Fsp3) is 0.286. The van der Waals surface area contributed by atoms with E-state index in [2.05, 4.69) is 27.3 Å². The Morgan fingerprint density at radius 2 is 2.18 bits per heavy atom.